The predicted octanol–water partition coefficient (Wildman–Crippen LogP) is 3.39. The van der Waals surface area contributed by atoms with E-state index in [1.54, 1.807) is 7.11 Å². The summed E-state index contributed by atoms with van der Waals surface area (Å²) < 4.78 is 12.0. The van der Waals surface area contributed by atoms with Crippen molar-refractivity contribution in [1.29, 1.82) is 0 Å². The number of hydrogen-bond acceptors (Lipinski definition) is 3. The third-order valence-corrected chi connectivity index (χ3v) is 4.72. The number of halogens is 1. The summed E-state index contributed by atoms with van der Waals surface area (Å²) >= 11 is 3.48. The van der Waals surface area contributed by atoms with Gasteiger partial charge >= 0.3 is 0 Å². The average Bonchev–Trinajstić information content (AvgIpc) is 2.39. The van der Waals surface area contributed by atoms with E-state index in [-0.39, 0.29) is 17.6 Å². The van der Waals surface area contributed by atoms with Crippen molar-refractivity contribution >= 4 is 15.9 Å². The third kappa shape index (κ3) is 2.24. The van der Waals surface area contributed by atoms with E-state index in [2.05, 4.69) is 29.8 Å². The normalized spacial score (nSPS) is 30.7. The van der Waals surface area contributed by atoms with Crippen molar-refractivity contribution < 1.29 is 14.6 Å². The van der Waals surface area contributed by atoms with E-state index in [0.29, 0.717) is 6.42 Å². The molecule has 0 bridgehead atoms. The van der Waals surface area contributed by atoms with Crippen LogP contribution in [0, 0.1) is 5.41 Å². The van der Waals surface area contributed by atoms with Crippen molar-refractivity contribution in [1.82, 2.24) is 0 Å². The van der Waals surface area contributed by atoms with Gasteiger partial charge in [0.25, 0.3) is 0 Å². The van der Waals surface area contributed by atoms with Crippen LogP contribution in [0.2, 0.25) is 0 Å². The maximum absolute atomic E-state index is 9.86. The van der Waals surface area contributed by atoms with E-state index < -0.39 is 0 Å². The highest BCUT2D eigenvalue weighted by Crippen LogP contribution is 2.46. The van der Waals surface area contributed by atoms with Crippen molar-refractivity contribution in [3.8, 4) is 11.5 Å². The molecule has 3 atom stereocenters. The van der Waals surface area contributed by atoms with E-state index in [1.165, 1.54) is 0 Å². The molecule has 0 aromatic heterocycles. The Bertz CT molecular complexity index is 435. The molecular formula is C14H19BrO3. The van der Waals surface area contributed by atoms with Crippen LogP contribution in [0.4, 0.5) is 0 Å². The maximum Gasteiger partial charge on any atom is 0.134 e. The Kier molecular flexibility index (Phi) is 3.87. The zero-order valence-electron chi connectivity index (χ0n) is 10.9. The van der Waals surface area contributed by atoms with Gasteiger partial charge in [-0.05, 0) is 40.5 Å². The van der Waals surface area contributed by atoms with Crippen LogP contribution < -0.4 is 9.47 Å². The van der Waals surface area contributed by atoms with Crippen molar-refractivity contribution in [3.63, 3.8) is 0 Å². The van der Waals surface area contributed by atoms with Gasteiger partial charge in [-0.3, -0.25) is 0 Å². The molecular weight excluding hydrogens is 296 g/mol. The maximum atomic E-state index is 9.86. The van der Waals surface area contributed by atoms with Crippen molar-refractivity contribution in [2.24, 2.45) is 5.41 Å². The molecule has 2 rings (SSSR count). The van der Waals surface area contributed by atoms with Gasteiger partial charge in [0.1, 0.15) is 17.6 Å². The molecule has 0 spiro atoms. The summed E-state index contributed by atoms with van der Waals surface area (Å²) in [5, 5.41) is 9.86. The largest absolute Gasteiger partial charge is 0.497 e. The van der Waals surface area contributed by atoms with Crippen LogP contribution in [-0.4, -0.2) is 24.4 Å². The van der Waals surface area contributed by atoms with Crippen LogP contribution in [0.25, 0.3) is 0 Å². The molecule has 1 aromatic carbocycles. The monoisotopic (exact) mass is 314 g/mol. The van der Waals surface area contributed by atoms with Crippen molar-refractivity contribution in [2.75, 3.05) is 7.11 Å². The summed E-state index contributed by atoms with van der Waals surface area (Å²) in [5.74, 6) is 1.59. The van der Waals surface area contributed by atoms with Gasteiger partial charge in [-0.1, -0.05) is 13.8 Å². The van der Waals surface area contributed by atoms with Crippen molar-refractivity contribution in [2.45, 2.75) is 38.9 Å². The Hall–Kier alpha value is -0.740. The fourth-order valence-electron chi connectivity index (χ4n) is 2.30. The summed E-state index contributed by atoms with van der Waals surface area (Å²) in [6.45, 7) is 4.16. The number of methoxy groups -OCH3 is 1. The van der Waals surface area contributed by atoms with Crippen LogP contribution in [0.3, 0.4) is 0 Å². The van der Waals surface area contributed by atoms with Gasteiger partial charge in [0.2, 0.25) is 0 Å². The molecule has 0 aliphatic heterocycles. The molecule has 100 valence electrons. The molecule has 1 N–H and O–H groups in total. The molecule has 1 aliphatic rings. The molecule has 0 amide bonds. The average molecular weight is 315 g/mol. The quantitative estimate of drug-likeness (QED) is 0.926. The minimum absolute atomic E-state index is 0.0715. The molecule has 0 radical (unpaired) electrons. The Morgan fingerprint density at radius 3 is 2.72 bits per heavy atom. The molecule has 18 heavy (non-hydrogen) atoms. The van der Waals surface area contributed by atoms with Crippen LogP contribution in [0.5, 0.6) is 11.5 Å². The first-order valence-electron chi connectivity index (χ1n) is 6.19. The van der Waals surface area contributed by atoms with Crippen molar-refractivity contribution in [3.05, 3.63) is 22.7 Å². The number of aliphatic hydroxyl groups is 1. The Morgan fingerprint density at radius 2 is 2.22 bits per heavy atom. The first kappa shape index (κ1) is 13.7. The summed E-state index contributed by atoms with van der Waals surface area (Å²) in [5.41, 5.74) is -0.140. The number of rotatable bonds is 4. The van der Waals surface area contributed by atoms with Gasteiger partial charge < -0.3 is 14.6 Å². The molecule has 0 saturated heterocycles. The summed E-state index contributed by atoms with van der Waals surface area (Å²) in [4.78, 5) is 0. The highest BCUT2D eigenvalue weighted by molar-refractivity contribution is 9.10. The molecule has 1 aromatic rings. The fraction of sp³-hybridized carbons (Fsp3) is 0.571. The zero-order chi connectivity index (χ0) is 13.3. The SMILES string of the molecule is CCC1(C)C(O)CC1Oc1ccc(OC)cc1Br. The lowest BCUT2D eigenvalue weighted by Crippen LogP contribution is -2.57. The smallest absolute Gasteiger partial charge is 0.134 e. The highest BCUT2D eigenvalue weighted by Gasteiger charge is 2.51. The van der Waals surface area contributed by atoms with E-state index in [4.69, 9.17) is 9.47 Å². The lowest BCUT2D eigenvalue weighted by atomic mass is 9.63. The zero-order valence-corrected chi connectivity index (χ0v) is 12.5. The van der Waals surface area contributed by atoms with E-state index in [1.807, 2.05) is 18.2 Å². The molecule has 3 nitrogen and oxygen atoms in total. The van der Waals surface area contributed by atoms with Gasteiger partial charge in [0.15, 0.2) is 0 Å². The fourth-order valence-corrected chi connectivity index (χ4v) is 2.75. The molecule has 1 fully saturated rings. The second-order valence-electron chi connectivity index (χ2n) is 5.01. The molecule has 1 saturated carbocycles. The highest BCUT2D eigenvalue weighted by atomic mass is 79.9. The minimum Gasteiger partial charge on any atom is -0.497 e. The summed E-state index contributed by atoms with van der Waals surface area (Å²) in [6.07, 6.45) is 1.42. The lowest BCUT2D eigenvalue weighted by molar-refractivity contribution is -0.147. The van der Waals surface area contributed by atoms with Gasteiger partial charge in [0, 0.05) is 11.8 Å². The molecule has 3 unspecified atom stereocenters. The van der Waals surface area contributed by atoms with Crippen LogP contribution in [0.1, 0.15) is 26.7 Å². The predicted molar refractivity (Wildman–Crippen MR) is 74.1 cm³/mol. The van der Waals surface area contributed by atoms with E-state index in [9.17, 15) is 5.11 Å². The topological polar surface area (TPSA) is 38.7 Å². The molecule has 1 aliphatic carbocycles. The van der Waals surface area contributed by atoms with Gasteiger partial charge in [-0.15, -0.1) is 0 Å². The lowest BCUT2D eigenvalue weighted by Gasteiger charge is -2.50. The Balaban J connectivity index is 2.11. The second-order valence-corrected chi connectivity index (χ2v) is 5.87. The summed E-state index contributed by atoms with van der Waals surface area (Å²) in [6, 6.07) is 5.65. The van der Waals surface area contributed by atoms with E-state index >= 15 is 0 Å². The van der Waals surface area contributed by atoms with Crippen LogP contribution in [-0.2, 0) is 0 Å². The number of ether oxygens (including phenoxy) is 2. The Morgan fingerprint density at radius 1 is 1.50 bits per heavy atom. The first-order valence-corrected chi connectivity index (χ1v) is 6.98. The Labute approximate surface area is 116 Å². The number of aliphatic hydroxyl groups excluding tert-OH is 1. The van der Waals surface area contributed by atoms with E-state index in [0.717, 1.165) is 22.4 Å². The summed E-state index contributed by atoms with van der Waals surface area (Å²) in [7, 11) is 1.64. The van der Waals surface area contributed by atoms with Crippen LogP contribution >= 0.6 is 15.9 Å². The standard InChI is InChI=1S/C14H19BrO3/c1-4-14(2)12(16)8-13(14)18-11-6-5-9(17-3)7-10(11)15/h5-7,12-13,16H,4,8H2,1-3H3. The minimum atomic E-state index is -0.260. The third-order valence-electron chi connectivity index (χ3n) is 4.10. The molecule has 4 heteroatoms. The molecule has 0 heterocycles. The second kappa shape index (κ2) is 5.10. The van der Waals surface area contributed by atoms with Gasteiger partial charge in [0.05, 0.1) is 17.7 Å². The van der Waals surface area contributed by atoms with Gasteiger partial charge in [-0.2, -0.15) is 0 Å². The van der Waals surface area contributed by atoms with Gasteiger partial charge in [-0.25, -0.2) is 0 Å². The number of hydrogen-bond donors (Lipinski definition) is 1. The number of benzene rings is 1. The van der Waals surface area contributed by atoms with Crippen LogP contribution in [0.15, 0.2) is 22.7 Å². The first-order chi connectivity index (χ1) is 8.51.